The summed E-state index contributed by atoms with van der Waals surface area (Å²) in [5.41, 5.74) is 3.60. The van der Waals surface area contributed by atoms with E-state index < -0.39 is 18.6 Å². The number of hydrogen-bond donors (Lipinski definition) is 2. The topological polar surface area (TPSA) is 38.0 Å². The van der Waals surface area contributed by atoms with Crippen molar-refractivity contribution < 1.29 is 17.6 Å². The van der Waals surface area contributed by atoms with Gasteiger partial charge in [-0.3, -0.25) is 11.3 Å². The standard InChI is InChI=1S/C12H16F4N2/c1-8-7-9(4-5-10(8)13)11(18-17)3-2-6-12(14,15)16/h4-5,7,11,18H,2-3,6,17H2,1H3. The van der Waals surface area contributed by atoms with Crippen molar-refractivity contribution in [2.45, 2.75) is 38.4 Å². The second-order valence-electron chi connectivity index (χ2n) is 4.24. The largest absolute Gasteiger partial charge is 0.389 e. The van der Waals surface area contributed by atoms with Crippen molar-refractivity contribution in [3.05, 3.63) is 35.1 Å². The fourth-order valence-corrected chi connectivity index (χ4v) is 1.74. The van der Waals surface area contributed by atoms with Crippen LogP contribution in [0.2, 0.25) is 0 Å². The van der Waals surface area contributed by atoms with Crippen LogP contribution in [0.15, 0.2) is 18.2 Å². The number of hydrogen-bond acceptors (Lipinski definition) is 2. The minimum atomic E-state index is -4.15. The van der Waals surface area contributed by atoms with Crippen molar-refractivity contribution in [3.63, 3.8) is 0 Å². The lowest BCUT2D eigenvalue weighted by Gasteiger charge is -2.17. The van der Waals surface area contributed by atoms with Gasteiger partial charge in [0.15, 0.2) is 0 Å². The highest BCUT2D eigenvalue weighted by Crippen LogP contribution is 2.26. The molecule has 18 heavy (non-hydrogen) atoms. The molecule has 0 aliphatic heterocycles. The monoisotopic (exact) mass is 264 g/mol. The van der Waals surface area contributed by atoms with E-state index in [4.69, 9.17) is 5.84 Å². The van der Waals surface area contributed by atoms with Gasteiger partial charge in [-0.05, 0) is 37.0 Å². The van der Waals surface area contributed by atoms with Gasteiger partial charge in [-0.15, -0.1) is 0 Å². The molecular formula is C12H16F4N2. The summed E-state index contributed by atoms with van der Waals surface area (Å²) in [6.07, 6.45) is -4.76. The molecule has 1 unspecified atom stereocenters. The SMILES string of the molecule is Cc1cc(C(CCCC(F)(F)F)NN)ccc1F. The van der Waals surface area contributed by atoms with Crippen molar-refractivity contribution in [3.8, 4) is 0 Å². The van der Waals surface area contributed by atoms with Gasteiger partial charge in [0.05, 0.1) is 0 Å². The Labute approximate surface area is 103 Å². The van der Waals surface area contributed by atoms with Gasteiger partial charge >= 0.3 is 6.18 Å². The first-order valence-corrected chi connectivity index (χ1v) is 5.62. The molecule has 0 amide bonds. The molecule has 0 aliphatic rings. The van der Waals surface area contributed by atoms with E-state index in [1.807, 2.05) is 0 Å². The van der Waals surface area contributed by atoms with Crippen molar-refractivity contribution >= 4 is 0 Å². The number of nitrogens with one attached hydrogen (secondary N) is 1. The van der Waals surface area contributed by atoms with Gasteiger partial charge in [0.25, 0.3) is 0 Å². The van der Waals surface area contributed by atoms with Crippen LogP contribution in [-0.4, -0.2) is 6.18 Å². The molecule has 0 heterocycles. The molecule has 1 rings (SSSR count). The molecule has 0 saturated heterocycles. The minimum Gasteiger partial charge on any atom is -0.271 e. The first-order chi connectivity index (χ1) is 8.33. The third-order valence-electron chi connectivity index (χ3n) is 2.74. The van der Waals surface area contributed by atoms with Gasteiger partial charge in [-0.2, -0.15) is 13.2 Å². The predicted octanol–water partition coefficient (Wildman–Crippen LogP) is 3.37. The van der Waals surface area contributed by atoms with Crippen LogP contribution < -0.4 is 11.3 Å². The first-order valence-electron chi connectivity index (χ1n) is 5.62. The van der Waals surface area contributed by atoms with Gasteiger partial charge in [0, 0.05) is 12.5 Å². The zero-order chi connectivity index (χ0) is 13.8. The summed E-state index contributed by atoms with van der Waals surface area (Å²) in [5.74, 6) is 4.97. The Bertz CT molecular complexity index is 390. The number of aryl methyl sites for hydroxylation is 1. The summed E-state index contributed by atoms with van der Waals surface area (Å²) in [4.78, 5) is 0. The van der Waals surface area contributed by atoms with Crippen molar-refractivity contribution in [2.75, 3.05) is 0 Å². The summed E-state index contributed by atoms with van der Waals surface area (Å²) >= 11 is 0. The normalized spacial score (nSPS) is 13.7. The number of hydrazine groups is 1. The highest BCUT2D eigenvalue weighted by Gasteiger charge is 2.26. The molecule has 1 aromatic carbocycles. The maximum absolute atomic E-state index is 13.1. The van der Waals surface area contributed by atoms with E-state index in [0.29, 0.717) is 11.1 Å². The fraction of sp³-hybridized carbons (Fsp3) is 0.500. The summed E-state index contributed by atoms with van der Waals surface area (Å²) < 4.78 is 49.2. The average Bonchev–Trinajstić information content (AvgIpc) is 2.27. The predicted molar refractivity (Wildman–Crippen MR) is 61.1 cm³/mol. The third-order valence-corrected chi connectivity index (χ3v) is 2.74. The van der Waals surface area contributed by atoms with Crippen LogP contribution in [0.5, 0.6) is 0 Å². The van der Waals surface area contributed by atoms with Crippen LogP contribution in [0.25, 0.3) is 0 Å². The lowest BCUT2D eigenvalue weighted by atomic mass is 9.99. The molecule has 1 atom stereocenters. The van der Waals surface area contributed by atoms with E-state index in [-0.39, 0.29) is 18.7 Å². The van der Waals surface area contributed by atoms with Crippen LogP contribution in [0.4, 0.5) is 17.6 Å². The van der Waals surface area contributed by atoms with Gasteiger partial charge in [0.2, 0.25) is 0 Å². The van der Waals surface area contributed by atoms with Crippen molar-refractivity contribution in [2.24, 2.45) is 5.84 Å². The molecule has 6 heteroatoms. The Morgan fingerprint density at radius 3 is 2.50 bits per heavy atom. The molecule has 0 spiro atoms. The van der Waals surface area contributed by atoms with Crippen molar-refractivity contribution in [1.29, 1.82) is 0 Å². The summed E-state index contributed by atoms with van der Waals surface area (Å²) in [6.45, 7) is 1.60. The Hall–Kier alpha value is -1.14. The highest BCUT2D eigenvalue weighted by atomic mass is 19.4. The van der Waals surface area contributed by atoms with Crippen LogP contribution in [0.3, 0.4) is 0 Å². The average molecular weight is 264 g/mol. The van der Waals surface area contributed by atoms with E-state index in [9.17, 15) is 17.6 Å². The Kier molecular flexibility index (Phi) is 5.10. The summed E-state index contributed by atoms with van der Waals surface area (Å²) in [7, 11) is 0. The smallest absolute Gasteiger partial charge is 0.271 e. The van der Waals surface area contributed by atoms with Crippen LogP contribution in [0, 0.1) is 12.7 Å². The summed E-state index contributed by atoms with van der Waals surface area (Å²) in [5, 5.41) is 0. The lowest BCUT2D eigenvalue weighted by molar-refractivity contribution is -0.135. The molecule has 0 radical (unpaired) electrons. The Balaban J connectivity index is 2.63. The van der Waals surface area contributed by atoms with E-state index in [0.717, 1.165) is 0 Å². The number of nitrogens with two attached hydrogens (primary N) is 1. The zero-order valence-corrected chi connectivity index (χ0v) is 10.0. The molecule has 0 saturated carbocycles. The number of rotatable bonds is 5. The van der Waals surface area contributed by atoms with Crippen molar-refractivity contribution in [1.82, 2.24) is 5.43 Å². The molecule has 0 aromatic heterocycles. The van der Waals surface area contributed by atoms with Gasteiger partial charge in [0.1, 0.15) is 5.82 Å². The maximum atomic E-state index is 13.1. The third kappa shape index (κ3) is 4.62. The van der Waals surface area contributed by atoms with Crippen LogP contribution in [0.1, 0.15) is 36.4 Å². The maximum Gasteiger partial charge on any atom is 0.389 e. The van der Waals surface area contributed by atoms with E-state index in [1.165, 1.54) is 12.1 Å². The van der Waals surface area contributed by atoms with Gasteiger partial charge in [-0.1, -0.05) is 12.1 Å². The van der Waals surface area contributed by atoms with Crippen LogP contribution in [-0.2, 0) is 0 Å². The lowest BCUT2D eigenvalue weighted by Crippen LogP contribution is -2.28. The Morgan fingerprint density at radius 1 is 1.33 bits per heavy atom. The minimum absolute atomic E-state index is 0.0191. The fourth-order valence-electron chi connectivity index (χ4n) is 1.74. The van der Waals surface area contributed by atoms with E-state index in [1.54, 1.807) is 13.0 Å². The number of halogens is 4. The highest BCUT2D eigenvalue weighted by molar-refractivity contribution is 5.26. The van der Waals surface area contributed by atoms with Gasteiger partial charge < -0.3 is 0 Å². The molecule has 0 bridgehead atoms. The quantitative estimate of drug-likeness (QED) is 0.486. The van der Waals surface area contributed by atoms with Gasteiger partial charge in [-0.25, -0.2) is 4.39 Å². The van der Waals surface area contributed by atoms with E-state index >= 15 is 0 Å². The molecule has 0 aliphatic carbocycles. The van der Waals surface area contributed by atoms with Crippen LogP contribution >= 0.6 is 0 Å². The zero-order valence-electron chi connectivity index (χ0n) is 10.0. The molecule has 3 N–H and O–H groups in total. The van der Waals surface area contributed by atoms with E-state index in [2.05, 4.69) is 5.43 Å². The molecule has 0 fully saturated rings. The molecular weight excluding hydrogens is 248 g/mol. The number of alkyl halides is 3. The second-order valence-corrected chi connectivity index (χ2v) is 4.24. The second kappa shape index (κ2) is 6.15. The molecule has 2 nitrogen and oxygen atoms in total. The number of benzene rings is 1. The first kappa shape index (κ1) is 14.9. The Morgan fingerprint density at radius 2 is 2.00 bits per heavy atom. The molecule has 102 valence electrons. The molecule has 1 aromatic rings. The summed E-state index contributed by atoms with van der Waals surface area (Å²) in [6, 6.07) is 4.01.